The van der Waals surface area contributed by atoms with Crippen molar-refractivity contribution in [3.63, 3.8) is 0 Å². The van der Waals surface area contributed by atoms with Gasteiger partial charge in [-0.25, -0.2) is 4.52 Å². The van der Waals surface area contributed by atoms with Gasteiger partial charge in [-0.3, -0.25) is 4.79 Å². The van der Waals surface area contributed by atoms with Gasteiger partial charge in [0, 0.05) is 17.4 Å². The Morgan fingerprint density at radius 3 is 2.54 bits per heavy atom. The average Bonchev–Trinajstić information content (AvgIpc) is 2.99. The fraction of sp³-hybridized carbons (Fsp3) is 0.105. The van der Waals surface area contributed by atoms with Crippen molar-refractivity contribution >= 4 is 16.3 Å². The van der Waals surface area contributed by atoms with Crippen LogP contribution in [0, 0.1) is 6.92 Å². The fourth-order valence-corrected chi connectivity index (χ4v) is 3.44. The SMILES string of the molecule is Cc1ccc(-c2csc3nc(=O)c(Cc4ccccc4)nn23)cc1. The Balaban J connectivity index is 1.82. The van der Waals surface area contributed by atoms with Crippen molar-refractivity contribution in [2.24, 2.45) is 0 Å². The highest BCUT2D eigenvalue weighted by Crippen LogP contribution is 2.24. The van der Waals surface area contributed by atoms with Crippen molar-refractivity contribution in [3.8, 4) is 11.3 Å². The van der Waals surface area contributed by atoms with Crippen LogP contribution in [-0.4, -0.2) is 14.6 Å². The van der Waals surface area contributed by atoms with Crippen LogP contribution >= 0.6 is 11.3 Å². The summed E-state index contributed by atoms with van der Waals surface area (Å²) in [6.07, 6.45) is 0.485. The van der Waals surface area contributed by atoms with Crippen LogP contribution in [0.2, 0.25) is 0 Å². The summed E-state index contributed by atoms with van der Waals surface area (Å²) in [5, 5.41) is 6.57. The summed E-state index contributed by atoms with van der Waals surface area (Å²) >= 11 is 1.43. The maximum Gasteiger partial charge on any atom is 0.296 e. The smallest absolute Gasteiger partial charge is 0.265 e. The van der Waals surface area contributed by atoms with E-state index in [-0.39, 0.29) is 5.56 Å². The topological polar surface area (TPSA) is 47.3 Å². The number of hydrogen-bond acceptors (Lipinski definition) is 4. The molecule has 0 aliphatic heterocycles. The molecule has 5 heteroatoms. The number of nitrogens with zero attached hydrogens (tertiary/aromatic N) is 3. The first kappa shape index (κ1) is 14.8. The van der Waals surface area contributed by atoms with Crippen molar-refractivity contribution in [1.82, 2.24) is 14.6 Å². The average molecular weight is 333 g/mol. The summed E-state index contributed by atoms with van der Waals surface area (Å²) < 4.78 is 1.77. The molecule has 0 saturated carbocycles. The van der Waals surface area contributed by atoms with Crippen LogP contribution in [-0.2, 0) is 6.42 Å². The number of benzene rings is 2. The summed E-state index contributed by atoms with van der Waals surface area (Å²) in [6, 6.07) is 18.1. The van der Waals surface area contributed by atoms with Gasteiger partial charge in [0.25, 0.3) is 5.56 Å². The van der Waals surface area contributed by atoms with Gasteiger partial charge in [0.15, 0.2) is 0 Å². The molecule has 4 aromatic rings. The number of hydrogen-bond donors (Lipinski definition) is 0. The predicted octanol–water partition coefficient (Wildman–Crippen LogP) is 3.72. The molecule has 0 amide bonds. The van der Waals surface area contributed by atoms with Gasteiger partial charge in [0.2, 0.25) is 4.96 Å². The molecule has 0 aliphatic rings. The summed E-state index contributed by atoms with van der Waals surface area (Å²) in [6.45, 7) is 2.06. The Morgan fingerprint density at radius 2 is 1.79 bits per heavy atom. The Kier molecular flexibility index (Phi) is 3.70. The van der Waals surface area contributed by atoms with Crippen molar-refractivity contribution in [2.75, 3.05) is 0 Å². The quantitative estimate of drug-likeness (QED) is 0.574. The first-order chi connectivity index (χ1) is 11.7. The highest BCUT2D eigenvalue weighted by atomic mass is 32.1. The lowest BCUT2D eigenvalue weighted by atomic mass is 10.1. The van der Waals surface area contributed by atoms with E-state index in [4.69, 9.17) is 0 Å². The zero-order valence-corrected chi connectivity index (χ0v) is 14.0. The van der Waals surface area contributed by atoms with Crippen LogP contribution in [0.4, 0.5) is 0 Å². The molecule has 4 rings (SSSR count). The van der Waals surface area contributed by atoms with Gasteiger partial charge in [-0.05, 0) is 12.5 Å². The lowest BCUT2D eigenvalue weighted by Gasteiger charge is -2.04. The maximum atomic E-state index is 12.2. The van der Waals surface area contributed by atoms with Gasteiger partial charge in [0.1, 0.15) is 5.69 Å². The molecule has 0 aliphatic carbocycles. The van der Waals surface area contributed by atoms with Gasteiger partial charge >= 0.3 is 0 Å². The number of rotatable bonds is 3. The minimum absolute atomic E-state index is 0.254. The molecule has 0 saturated heterocycles. The molecule has 0 unspecified atom stereocenters. The lowest BCUT2D eigenvalue weighted by Crippen LogP contribution is -2.18. The summed E-state index contributed by atoms with van der Waals surface area (Å²) in [5.74, 6) is 0. The number of aromatic nitrogens is 3. The molecule has 0 fully saturated rings. The predicted molar refractivity (Wildman–Crippen MR) is 96.6 cm³/mol. The normalized spacial score (nSPS) is 11.0. The second-order valence-electron chi connectivity index (χ2n) is 5.71. The van der Waals surface area contributed by atoms with Crippen LogP contribution in [0.15, 0.2) is 64.8 Å². The third kappa shape index (κ3) is 2.74. The second-order valence-corrected chi connectivity index (χ2v) is 6.54. The van der Waals surface area contributed by atoms with E-state index in [2.05, 4.69) is 41.3 Å². The Labute approximate surface area is 143 Å². The van der Waals surface area contributed by atoms with Crippen molar-refractivity contribution in [3.05, 3.63) is 87.2 Å². The molecule has 2 heterocycles. The molecule has 24 heavy (non-hydrogen) atoms. The first-order valence-corrected chi connectivity index (χ1v) is 8.57. The standard InChI is InChI=1S/C19H15N3OS/c1-13-7-9-15(10-8-13)17-12-24-19-20-18(23)16(21-22(17)19)11-14-5-3-2-4-6-14/h2-10,12H,11H2,1H3. The highest BCUT2D eigenvalue weighted by molar-refractivity contribution is 7.15. The Morgan fingerprint density at radius 1 is 1.04 bits per heavy atom. The molecule has 2 aromatic heterocycles. The monoisotopic (exact) mass is 333 g/mol. The Hall–Kier alpha value is -2.79. The van der Waals surface area contributed by atoms with E-state index in [9.17, 15) is 4.79 Å². The first-order valence-electron chi connectivity index (χ1n) is 7.69. The van der Waals surface area contributed by atoms with E-state index < -0.39 is 0 Å². The van der Waals surface area contributed by atoms with Crippen LogP contribution in [0.5, 0.6) is 0 Å². The van der Waals surface area contributed by atoms with Crippen molar-refractivity contribution in [1.29, 1.82) is 0 Å². The van der Waals surface area contributed by atoms with Crippen LogP contribution in [0.25, 0.3) is 16.2 Å². The molecular weight excluding hydrogens is 318 g/mol. The Bertz CT molecular complexity index is 1050. The summed E-state index contributed by atoms with van der Waals surface area (Å²) in [4.78, 5) is 17.1. The summed E-state index contributed by atoms with van der Waals surface area (Å²) in [5.41, 5.74) is 4.49. The van der Waals surface area contributed by atoms with E-state index in [1.165, 1.54) is 16.9 Å². The van der Waals surface area contributed by atoms with Crippen LogP contribution in [0.3, 0.4) is 0 Å². The van der Waals surface area contributed by atoms with Gasteiger partial charge in [-0.2, -0.15) is 10.1 Å². The molecule has 0 atom stereocenters. The van der Waals surface area contributed by atoms with Crippen LogP contribution < -0.4 is 5.56 Å². The maximum absolute atomic E-state index is 12.2. The molecule has 2 aromatic carbocycles. The largest absolute Gasteiger partial charge is 0.296 e. The molecule has 4 nitrogen and oxygen atoms in total. The van der Waals surface area contributed by atoms with Crippen molar-refractivity contribution in [2.45, 2.75) is 13.3 Å². The van der Waals surface area contributed by atoms with E-state index in [0.717, 1.165) is 16.8 Å². The minimum Gasteiger partial charge on any atom is -0.265 e. The molecular formula is C19H15N3OS. The van der Waals surface area contributed by atoms with E-state index in [1.807, 2.05) is 35.7 Å². The van der Waals surface area contributed by atoms with Gasteiger partial charge in [-0.1, -0.05) is 60.2 Å². The lowest BCUT2D eigenvalue weighted by molar-refractivity contribution is 0.840. The third-order valence-corrected chi connectivity index (χ3v) is 4.73. The third-order valence-electron chi connectivity index (χ3n) is 3.91. The highest BCUT2D eigenvalue weighted by Gasteiger charge is 2.12. The zero-order chi connectivity index (χ0) is 16.5. The van der Waals surface area contributed by atoms with Gasteiger partial charge in [0.05, 0.1) is 5.69 Å². The second kappa shape index (κ2) is 6.02. The molecule has 118 valence electrons. The molecule has 0 spiro atoms. The number of aryl methyl sites for hydroxylation is 1. The van der Waals surface area contributed by atoms with E-state index in [0.29, 0.717) is 17.1 Å². The molecule has 0 radical (unpaired) electrons. The zero-order valence-electron chi connectivity index (χ0n) is 13.1. The number of thiazole rings is 1. The van der Waals surface area contributed by atoms with E-state index >= 15 is 0 Å². The molecule has 0 N–H and O–H groups in total. The fourth-order valence-electron chi connectivity index (χ4n) is 2.61. The van der Waals surface area contributed by atoms with E-state index in [1.54, 1.807) is 4.52 Å². The summed E-state index contributed by atoms with van der Waals surface area (Å²) in [7, 11) is 0. The van der Waals surface area contributed by atoms with Crippen molar-refractivity contribution < 1.29 is 0 Å². The van der Waals surface area contributed by atoms with Gasteiger partial charge in [-0.15, -0.1) is 11.3 Å². The van der Waals surface area contributed by atoms with Gasteiger partial charge < -0.3 is 0 Å². The number of fused-ring (bicyclic) bond motifs is 1. The molecule has 0 bridgehead atoms. The van der Waals surface area contributed by atoms with Crippen LogP contribution in [0.1, 0.15) is 16.8 Å². The minimum atomic E-state index is -0.254.